The molecular formula is C16H23N5O2. The summed E-state index contributed by atoms with van der Waals surface area (Å²) in [7, 11) is 0. The maximum Gasteiger partial charge on any atom is 0.259 e. The highest BCUT2D eigenvalue weighted by atomic mass is 16.5. The van der Waals surface area contributed by atoms with E-state index in [-0.39, 0.29) is 11.8 Å². The quantitative estimate of drug-likeness (QED) is 0.869. The summed E-state index contributed by atoms with van der Waals surface area (Å²) in [6.07, 6.45) is 0. The lowest BCUT2D eigenvalue weighted by molar-refractivity contribution is 0.0702. The first-order chi connectivity index (χ1) is 10.9. The predicted molar refractivity (Wildman–Crippen MR) is 84.2 cm³/mol. The SMILES string of the molecule is Cc1noc(C(C)C)c1C(=O)N1CCn2c(nnc2C(C)C)C1. The minimum absolute atomic E-state index is 0.0344. The first-order valence-corrected chi connectivity index (χ1v) is 8.07. The van der Waals surface area contributed by atoms with Gasteiger partial charge in [0.1, 0.15) is 11.4 Å². The van der Waals surface area contributed by atoms with Crippen molar-refractivity contribution in [2.24, 2.45) is 0 Å². The Labute approximate surface area is 135 Å². The maximum absolute atomic E-state index is 12.9. The third kappa shape index (κ3) is 2.64. The second kappa shape index (κ2) is 5.79. The molecule has 0 bridgehead atoms. The largest absolute Gasteiger partial charge is 0.360 e. The summed E-state index contributed by atoms with van der Waals surface area (Å²) in [6, 6.07) is 0. The minimum Gasteiger partial charge on any atom is -0.360 e. The molecule has 0 fully saturated rings. The molecular weight excluding hydrogens is 294 g/mol. The van der Waals surface area contributed by atoms with Crippen LogP contribution in [0, 0.1) is 6.92 Å². The van der Waals surface area contributed by atoms with Crippen molar-refractivity contribution in [1.29, 1.82) is 0 Å². The van der Waals surface area contributed by atoms with Gasteiger partial charge < -0.3 is 14.0 Å². The third-order valence-electron chi connectivity index (χ3n) is 4.21. The van der Waals surface area contributed by atoms with Crippen LogP contribution in [0.3, 0.4) is 0 Å². The standard InChI is InChI=1S/C16H23N5O2/c1-9(2)14-13(11(5)19-23-14)16(22)20-6-7-21-12(8-20)17-18-15(21)10(3)4/h9-10H,6-8H2,1-5H3. The fraction of sp³-hybridized carbons (Fsp3) is 0.625. The number of carbonyl (C=O) groups excluding carboxylic acids is 1. The van der Waals surface area contributed by atoms with Crippen LogP contribution in [0.4, 0.5) is 0 Å². The van der Waals surface area contributed by atoms with Gasteiger partial charge in [-0.3, -0.25) is 4.79 Å². The van der Waals surface area contributed by atoms with Crippen molar-refractivity contribution < 1.29 is 9.32 Å². The van der Waals surface area contributed by atoms with E-state index in [4.69, 9.17) is 4.52 Å². The van der Waals surface area contributed by atoms with Crippen molar-refractivity contribution in [3.63, 3.8) is 0 Å². The number of fused-ring (bicyclic) bond motifs is 1. The van der Waals surface area contributed by atoms with E-state index in [0.717, 1.165) is 18.2 Å². The van der Waals surface area contributed by atoms with Crippen molar-refractivity contribution in [3.8, 4) is 0 Å². The van der Waals surface area contributed by atoms with Crippen molar-refractivity contribution in [3.05, 3.63) is 28.7 Å². The Hall–Kier alpha value is -2.18. The molecule has 3 heterocycles. The van der Waals surface area contributed by atoms with Gasteiger partial charge in [-0.25, -0.2) is 0 Å². The normalized spacial score (nSPS) is 14.7. The van der Waals surface area contributed by atoms with Crippen LogP contribution in [-0.2, 0) is 13.1 Å². The Morgan fingerprint density at radius 2 is 1.87 bits per heavy atom. The smallest absolute Gasteiger partial charge is 0.259 e. The molecule has 2 aromatic heterocycles. The van der Waals surface area contributed by atoms with E-state index in [1.807, 2.05) is 20.8 Å². The summed E-state index contributed by atoms with van der Waals surface area (Å²) in [5.74, 6) is 2.89. The fourth-order valence-corrected chi connectivity index (χ4v) is 2.98. The first kappa shape index (κ1) is 15.7. The van der Waals surface area contributed by atoms with Gasteiger partial charge in [-0.05, 0) is 6.92 Å². The van der Waals surface area contributed by atoms with Crippen LogP contribution in [0.15, 0.2) is 4.52 Å². The van der Waals surface area contributed by atoms with Gasteiger partial charge in [0.2, 0.25) is 0 Å². The van der Waals surface area contributed by atoms with Gasteiger partial charge in [0.15, 0.2) is 11.6 Å². The molecule has 124 valence electrons. The average molecular weight is 317 g/mol. The van der Waals surface area contributed by atoms with Crippen molar-refractivity contribution in [2.45, 2.75) is 59.5 Å². The zero-order valence-electron chi connectivity index (χ0n) is 14.3. The van der Waals surface area contributed by atoms with Crippen LogP contribution >= 0.6 is 0 Å². The molecule has 0 spiro atoms. The Morgan fingerprint density at radius 3 is 2.52 bits per heavy atom. The van der Waals surface area contributed by atoms with Gasteiger partial charge >= 0.3 is 0 Å². The Morgan fingerprint density at radius 1 is 1.13 bits per heavy atom. The Kier molecular flexibility index (Phi) is 3.95. The molecule has 0 N–H and O–H groups in total. The van der Waals surface area contributed by atoms with Crippen LogP contribution < -0.4 is 0 Å². The first-order valence-electron chi connectivity index (χ1n) is 8.07. The minimum atomic E-state index is -0.0344. The van der Waals surface area contributed by atoms with Gasteiger partial charge in [-0.15, -0.1) is 10.2 Å². The average Bonchev–Trinajstić information content (AvgIpc) is 3.09. The fourth-order valence-electron chi connectivity index (χ4n) is 2.98. The van der Waals surface area contributed by atoms with Crippen LogP contribution in [0.25, 0.3) is 0 Å². The topological polar surface area (TPSA) is 77.0 Å². The number of hydrogen-bond acceptors (Lipinski definition) is 5. The molecule has 1 amide bonds. The van der Waals surface area contributed by atoms with Crippen LogP contribution in [-0.4, -0.2) is 37.3 Å². The molecule has 0 saturated carbocycles. The number of hydrogen-bond donors (Lipinski definition) is 0. The van der Waals surface area contributed by atoms with E-state index in [9.17, 15) is 4.79 Å². The molecule has 7 heteroatoms. The lowest BCUT2D eigenvalue weighted by atomic mass is 10.0. The third-order valence-corrected chi connectivity index (χ3v) is 4.21. The molecule has 0 saturated heterocycles. The van der Waals surface area contributed by atoms with Gasteiger partial charge in [-0.1, -0.05) is 32.9 Å². The van der Waals surface area contributed by atoms with Crippen LogP contribution in [0.2, 0.25) is 0 Å². The zero-order chi connectivity index (χ0) is 16.7. The van der Waals surface area contributed by atoms with Gasteiger partial charge in [0.05, 0.1) is 12.2 Å². The number of aromatic nitrogens is 4. The Balaban J connectivity index is 1.87. The predicted octanol–water partition coefficient (Wildman–Crippen LogP) is 2.48. The molecule has 1 aliphatic heterocycles. The van der Waals surface area contributed by atoms with Gasteiger partial charge in [0.25, 0.3) is 5.91 Å². The molecule has 0 aliphatic carbocycles. The Bertz CT molecular complexity index is 729. The van der Waals surface area contributed by atoms with Gasteiger partial charge in [0, 0.05) is 24.9 Å². The second-order valence-corrected chi connectivity index (χ2v) is 6.67. The van der Waals surface area contributed by atoms with E-state index in [2.05, 4.69) is 33.8 Å². The number of amides is 1. The van der Waals surface area contributed by atoms with E-state index in [1.165, 1.54) is 0 Å². The van der Waals surface area contributed by atoms with Gasteiger partial charge in [-0.2, -0.15) is 0 Å². The molecule has 0 radical (unpaired) electrons. The van der Waals surface area contributed by atoms with Crippen molar-refractivity contribution in [2.75, 3.05) is 6.54 Å². The lowest BCUT2D eigenvalue weighted by Crippen LogP contribution is -2.39. The zero-order valence-corrected chi connectivity index (χ0v) is 14.3. The van der Waals surface area contributed by atoms with E-state index < -0.39 is 0 Å². The van der Waals surface area contributed by atoms with E-state index in [0.29, 0.717) is 36.0 Å². The number of rotatable bonds is 3. The number of nitrogens with zero attached hydrogens (tertiary/aromatic N) is 5. The summed E-state index contributed by atoms with van der Waals surface area (Å²) in [5, 5.41) is 12.5. The summed E-state index contributed by atoms with van der Waals surface area (Å²) in [4.78, 5) is 14.7. The second-order valence-electron chi connectivity index (χ2n) is 6.67. The van der Waals surface area contributed by atoms with E-state index in [1.54, 1.807) is 4.90 Å². The van der Waals surface area contributed by atoms with Crippen LogP contribution in [0.5, 0.6) is 0 Å². The highest BCUT2D eigenvalue weighted by molar-refractivity contribution is 5.96. The highest BCUT2D eigenvalue weighted by Crippen LogP contribution is 2.26. The monoisotopic (exact) mass is 317 g/mol. The summed E-state index contributed by atoms with van der Waals surface area (Å²) in [5.41, 5.74) is 1.24. The van der Waals surface area contributed by atoms with Crippen molar-refractivity contribution >= 4 is 5.91 Å². The summed E-state index contributed by atoms with van der Waals surface area (Å²) >= 11 is 0. The molecule has 23 heavy (non-hydrogen) atoms. The maximum atomic E-state index is 12.9. The molecule has 1 aliphatic rings. The van der Waals surface area contributed by atoms with E-state index >= 15 is 0 Å². The molecule has 3 rings (SSSR count). The van der Waals surface area contributed by atoms with Crippen LogP contribution in [0.1, 0.15) is 73.0 Å². The van der Waals surface area contributed by atoms with Crippen molar-refractivity contribution in [1.82, 2.24) is 24.8 Å². The molecule has 0 unspecified atom stereocenters. The molecule has 0 aromatic carbocycles. The molecule has 2 aromatic rings. The highest BCUT2D eigenvalue weighted by Gasteiger charge is 2.30. The summed E-state index contributed by atoms with van der Waals surface area (Å²) in [6.45, 7) is 11.9. The summed E-state index contributed by atoms with van der Waals surface area (Å²) < 4.78 is 7.47. The molecule has 0 atom stereocenters. The number of aryl methyl sites for hydroxylation is 1. The lowest BCUT2D eigenvalue weighted by Gasteiger charge is -2.28. The molecule has 7 nitrogen and oxygen atoms in total. The number of carbonyl (C=O) groups is 1.